The predicted molar refractivity (Wildman–Crippen MR) is 100 cm³/mol. The number of fused-ring (bicyclic) bond motifs is 1. The van der Waals surface area contributed by atoms with Crippen LogP contribution in [0.25, 0.3) is 33.9 Å². The van der Waals surface area contributed by atoms with Crippen molar-refractivity contribution in [2.24, 2.45) is 0 Å². The van der Waals surface area contributed by atoms with E-state index in [1.165, 1.54) is 0 Å². The number of rotatable bonds is 5. The van der Waals surface area contributed by atoms with Crippen LogP contribution in [0, 0.1) is 0 Å². The Bertz CT molecular complexity index is 1170. The molecule has 0 atom stereocenters. The van der Waals surface area contributed by atoms with Gasteiger partial charge in [0.15, 0.2) is 11.5 Å². The summed E-state index contributed by atoms with van der Waals surface area (Å²) in [6.45, 7) is 2.52. The van der Waals surface area contributed by atoms with Gasteiger partial charge in [-0.25, -0.2) is 4.79 Å². The summed E-state index contributed by atoms with van der Waals surface area (Å²) in [5.74, 6) is 1.84. The minimum Gasteiger partial charge on any atom is -0.493 e. The van der Waals surface area contributed by atoms with E-state index >= 15 is 0 Å². The lowest BCUT2D eigenvalue weighted by atomic mass is 10.1. The summed E-state index contributed by atoms with van der Waals surface area (Å²) in [6.07, 6.45) is 0. The summed E-state index contributed by atoms with van der Waals surface area (Å²) in [7, 11) is 3.13. The molecule has 8 nitrogen and oxygen atoms in total. The van der Waals surface area contributed by atoms with Gasteiger partial charge in [0.25, 0.3) is 5.89 Å². The Balaban J connectivity index is 1.77. The van der Waals surface area contributed by atoms with Crippen LogP contribution in [0.2, 0.25) is 0 Å². The molecule has 1 N–H and O–H groups in total. The molecule has 0 radical (unpaired) electrons. The molecule has 138 valence electrons. The first-order valence-corrected chi connectivity index (χ1v) is 8.44. The largest absolute Gasteiger partial charge is 0.493 e. The van der Waals surface area contributed by atoms with Gasteiger partial charge in [-0.3, -0.25) is 4.57 Å². The zero-order chi connectivity index (χ0) is 19.0. The number of aryl methyl sites for hydroxylation is 1. The maximum absolute atomic E-state index is 12.0. The first-order valence-electron chi connectivity index (χ1n) is 8.44. The van der Waals surface area contributed by atoms with Crippen LogP contribution >= 0.6 is 0 Å². The van der Waals surface area contributed by atoms with E-state index in [0.29, 0.717) is 35.3 Å². The highest BCUT2D eigenvalue weighted by Crippen LogP contribution is 2.37. The Kier molecular flexibility index (Phi) is 4.15. The average molecular weight is 366 g/mol. The van der Waals surface area contributed by atoms with E-state index in [-0.39, 0.29) is 5.69 Å². The second-order valence-corrected chi connectivity index (χ2v) is 5.87. The van der Waals surface area contributed by atoms with Crippen LogP contribution in [0.15, 0.2) is 45.7 Å². The molecule has 0 spiro atoms. The van der Waals surface area contributed by atoms with Gasteiger partial charge < -0.3 is 19.0 Å². The Morgan fingerprint density at radius 1 is 1.19 bits per heavy atom. The van der Waals surface area contributed by atoms with Crippen LogP contribution in [-0.4, -0.2) is 33.9 Å². The van der Waals surface area contributed by atoms with E-state index in [9.17, 15) is 4.79 Å². The molecular weight excluding hydrogens is 348 g/mol. The molecule has 8 heteroatoms. The fourth-order valence-corrected chi connectivity index (χ4v) is 3.12. The smallest absolute Gasteiger partial charge is 0.326 e. The Morgan fingerprint density at radius 2 is 2.04 bits per heavy atom. The van der Waals surface area contributed by atoms with Crippen LogP contribution < -0.4 is 15.2 Å². The number of aromatic nitrogens is 4. The van der Waals surface area contributed by atoms with Crippen molar-refractivity contribution in [2.75, 3.05) is 14.2 Å². The SMILES string of the molecule is CCn1c(=O)[nH]c2cc(-c3noc(-c4cccc(OC)c4OC)n3)ccc21. The summed E-state index contributed by atoms with van der Waals surface area (Å²) in [5.41, 5.74) is 2.81. The highest BCUT2D eigenvalue weighted by atomic mass is 16.5. The molecule has 4 rings (SSSR count). The fourth-order valence-electron chi connectivity index (χ4n) is 3.12. The minimum absolute atomic E-state index is 0.139. The number of nitrogens with one attached hydrogen (secondary N) is 1. The van der Waals surface area contributed by atoms with Gasteiger partial charge in [0.05, 0.1) is 30.8 Å². The zero-order valence-corrected chi connectivity index (χ0v) is 15.1. The van der Waals surface area contributed by atoms with E-state index in [1.807, 2.05) is 37.3 Å². The minimum atomic E-state index is -0.139. The van der Waals surface area contributed by atoms with Crippen molar-refractivity contribution in [3.8, 4) is 34.3 Å². The van der Waals surface area contributed by atoms with E-state index in [4.69, 9.17) is 14.0 Å². The third-order valence-electron chi connectivity index (χ3n) is 4.41. The van der Waals surface area contributed by atoms with Gasteiger partial charge in [-0.1, -0.05) is 11.2 Å². The standard InChI is InChI=1S/C19H18N4O4/c1-4-23-14-9-8-11(10-13(14)20-19(23)24)17-21-18(27-22-17)12-6-5-7-15(25-2)16(12)26-3/h5-10H,4H2,1-3H3,(H,20,24). The normalized spacial score (nSPS) is 11.1. The van der Waals surface area contributed by atoms with E-state index in [0.717, 1.165) is 16.6 Å². The Labute approximate surface area is 154 Å². The molecule has 0 unspecified atom stereocenters. The average Bonchev–Trinajstić information content (AvgIpc) is 3.30. The molecule has 2 heterocycles. The van der Waals surface area contributed by atoms with Crippen molar-refractivity contribution in [3.63, 3.8) is 0 Å². The van der Waals surface area contributed by atoms with Crippen molar-refractivity contribution in [2.45, 2.75) is 13.5 Å². The van der Waals surface area contributed by atoms with Crippen molar-refractivity contribution < 1.29 is 14.0 Å². The first kappa shape index (κ1) is 16.9. The molecule has 0 amide bonds. The summed E-state index contributed by atoms with van der Waals surface area (Å²) >= 11 is 0. The highest BCUT2D eigenvalue weighted by Gasteiger charge is 2.18. The number of H-pyrrole nitrogens is 1. The van der Waals surface area contributed by atoms with Gasteiger partial charge in [-0.15, -0.1) is 0 Å². The molecule has 0 saturated carbocycles. The van der Waals surface area contributed by atoms with Crippen LogP contribution in [0.3, 0.4) is 0 Å². The molecule has 2 aromatic heterocycles. The number of aromatic amines is 1. The summed E-state index contributed by atoms with van der Waals surface area (Å²) in [4.78, 5) is 19.3. The molecule has 0 saturated heterocycles. The van der Waals surface area contributed by atoms with Gasteiger partial charge in [0.2, 0.25) is 5.82 Å². The van der Waals surface area contributed by atoms with E-state index < -0.39 is 0 Å². The fraction of sp³-hybridized carbons (Fsp3) is 0.211. The van der Waals surface area contributed by atoms with Crippen molar-refractivity contribution >= 4 is 11.0 Å². The maximum Gasteiger partial charge on any atom is 0.326 e. The monoisotopic (exact) mass is 366 g/mol. The number of hydrogen-bond donors (Lipinski definition) is 1. The van der Waals surface area contributed by atoms with Gasteiger partial charge in [-0.05, 0) is 37.3 Å². The van der Waals surface area contributed by atoms with Crippen LogP contribution in [0.5, 0.6) is 11.5 Å². The Morgan fingerprint density at radius 3 is 2.78 bits per heavy atom. The second-order valence-electron chi connectivity index (χ2n) is 5.87. The second kappa shape index (κ2) is 6.64. The van der Waals surface area contributed by atoms with Crippen molar-refractivity contribution in [1.29, 1.82) is 0 Å². The molecule has 2 aromatic carbocycles. The molecule has 0 aliphatic heterocycles. The third kappa shape index (κ3) is 2.75. The van der Waals surface area contributed by atoms with Crippen LogP contribution in [0.1, 0.15) is 6.92 Å². The summed E-state index contributed by atoms with van der Waals surface area (Å²) < 4.78 is 17.8. The molecule has 0 bridgehead atoms. The number of imidazole rings is 1. The van der Waals surface area contributed by atoms with Gasteiger partial charge in [-0.2, -0.15) is 4.98 Å². The molecule has 0 aliphatic carbocycles. The van der Waals surface area contributed by atoms with Crippen molar-refractivity contribution in [1.82, 2.24) is 19.7 Å². The number of para-hydroxylation sites is 1. The number of methoxy groups -OCH3 is 2. The summed E-state index contributed by atoms with van der Waals surface area (Å²) in [5, 5.41) is 4.07. The molecular formula is C19H18N4O4. The molecule has 0 aliphatic rings. The number of hydrogen-bond acceptors (Lipinski definition) is 6. The molecule has 4 aromatic rings. The predicted octanol–water partition coefficient (Wildman–Crippen LogP) is 3.08. The number of nitrogens with zero attached hydrogens (tertiary/aromatic N) is 3. The molecule has 0 fully saturated rings. The third-order valence-corrected chi connectivity index (χ3v) is 4.41. The maximum atomic E-state index is 12.0. The molecule has 27 heavy (non-hydrogen) atoms. The lowest BCUT2D eigenvalue weighted by Gasteiger charge is -2.09. The van der Waals surface area contributed by atoms with Crippen molar-refractivity contribution in [3.05, 3.63) is 46.9 Å². The topological polar surface area (TPSA) is 95.2 Å². The lowest BCUT2D eigenvalue weighted by molar-refractivity contribution is 0.353. The first-order chi connectivity index (χ1) is 13.2. The summed E-state index contributed by atoms with van der Waals surface area (Å²) in [6, 6.07) is 11.0. The zero-order valence-electron chi connectivity index (χ0n) is 15.1. The number of benzene rings is 2. The van der Waals surface area contributed by atoms with Gasteiger partial charge in [0.1, 0.15) is 0 Å². The van der Waals surface area contributed by atoms with E-state index in [2.05, 4.69) is 15.1 Å². The highest BCUT2D eigenvalue weighted by molar-refractivity contribution is 5.81. The number of ether oxygens (including phenoxy) is 2. The Hall–Kier alpha value is -3.55. The van der Waals surface area contributed by atoms with Crippen LogP contribution in [-0.2, 0) is 6.54 Å². The van der Waals surface area contributed by atoms with E-state index in [1.54, 1.807) is 24.9 Å². The lowest BCUT2D eigenvalue weighted by Crippen LogP contribution is -2.14. The van der Waals surface area contributed by atoms with Crippen LogP contribution in [0.4, 0.5) is 0 Å². The van der Waals surface area contributed by atoms with Gasteiger partial charge in [0, 0.05) is 12.1 Å². The quantitative estimate of drug-likeness (QED) is 0.583. The van der Waals surface area contributed by atoms with Gasteiger partial charge >= 0.3 is 5.69 Å².